The highest BCUT2D eigenvalue weighted by molar-refractivity contribution is 7.17. The first-order chi connectivity index (χ1) is 7.36. The summed E-state index contributed by atoms with van der Waals surface area (Å²) in [6.45, 7) is 0. The zero-order valence-corrected chi connectivity index (χ0v) is 8.49. The van der Waals surface area contributed by atoms with Crippen molar-refractivity contribution in [2.24, 2.45) is 0 Å². The molecule has 3 aromatic heterocycles. The van der Waals surface area contributed by atoms with Crippen LogP contribution >= 0.6 is 11.3 Å². The molecule has 3 rings (SSSR count). The highest BCUT2D eigenvalue weighted by Crippen LogP contribution is 2.33. The van der Waals surface area contributed by atoms with Gasteiger partial charge in [0.05, 0.1) is 17.3 Å². The van der Waals surface area contributed by atoms with E-state index in [0.29, 0.717) is 11.4 Å². The molecule has 0 aliphatic rings. The molecule has 74 valence electrons. The second-order valence-corrected chi connectivity index (χ2v) is 3.93. The van der Waals surface area contributed by atoms with Gasteiger partial charge in [0.15, 0.2) is 5.76 Å². The maximum atomic E-state index is 5.87. The topological polar surface area (TPSA) is 64.9 Å². The van der Waals surface area contributed by atoms with Gasteiger partial charge in [0.1, 0.15) is 16.9 Å². The molecule has 3 aromatic rings. The van der Waals surface area contributed by atoms with Gasteiger partial charge in [0, 0.05) is 5.38 Å². The van der Waals surface area contributed by atoms with Gasteiger partial charge >= 0.3 is 0 Å². The third kappa shape index (κ3) is 1.20. The number of aromatic nitrogens is 2. The van der Waals surface area contributed by atoms with E-state index in [0.717, 1.165) is 15.9 Å². The predicted molar refractivity (Wildman–Crippen MR) is 59.5 cm³/mol. The third-order valence-electron chi connectivity index (χ3n) is 2.15. The first-order valence-electron chi connectivity index (χ1n) is 4.38. The van der Waals surface area contributed by atoms with Gasteiger partial charge < -0.3 is 10.2 Å². The number of rotatable bonds is 1. The average Bonchev–Trinajstić information content (AvgIpc) is 2.88. The molecule has 3 heterocycles. The summed E-state index contributed by atoms with van der Waals surface area (Å²) in [4.78, 5) is 9.25. The van der Waals surface area contributed by atoms with Crippen molar-refractivity contribution < 1.29 is 4.42 Å². The molecule has 0 aliphatic carbocycles. The van der Waals surface area contributed by atoms with Crippen LogP contribution in [0.4, 0.5) is 5.69 Å². The fourth-order valence-electron chi connectivity index (χ4n) is 1.50. The first-order valence-corrected chi connectivity index (χ1v) is 5.26. The first kappa shape index (κ1) is 8.43. The fourth-order valence-corrected chi connectivity index (χ4v) is 2.29. The average molecular weight is 217 g/mol. The van der Waals surface area contributed by atoms with Gasteiger partial charge in [0.25, 0.3) is 0 Å². The number of fused-ring (bicyclic) bond motifs is 1. The van der Waals surface area contributed by atoms with Crippen molar-refractivity contribution in [1.29, 1.82) is 0 Å². The van der Waals surface area contributed by atoms with Crippen molar-refractivity contribution in [2.45, 2.75) is 0 Å². The molecule has 5 heteroatoms. The maximum absolute atomic E-state index is 5.87. The summed E-state index contributed by atoms with van der Waals surface area (Å²) < 4.78 is 5.31. The van der Waals surface area contributed by atoms with E-state index in [4.69, 9.17) is 10.2 Å². The van der Waals surface area contributed by atoms with Crippen LogP contribution in [0.25, 0.3) is 21.7 Å². The monoisotopic (exact) mass is 217 g/mol. The summed E-state index contributed by atoms with van der Waals surface area (Å²) in [5.74, 6) is 0.715. The highest BCUT2D eigenvalue weighted by Gasteiger charge is 2.12. The SMILES string of the molecule is Nc1csc2ncnc(-c3ccco3)c12. The van der Waals surface area contributed by atoms with Gasteiger partial charge in [-0.15, -0.1) is 11.3 Å². The molecule has 0 fully saturated rings. The molecule has 0 amide bonds. The van der Waals surface area contributed by atoms with Crippen LogP contribution in [-0.4, -0.2) is 9.97 Å². The van der Waals surface area contributed by atoms with E-state index in [1.807, 2.05) is 17.5 Å². The molecule has 0 aliphatic heterocycles. The number of nitrogens with two attached hydrogens (primary N) is 1. The van der Waals surface area contributed by atoms with E-state index in [1.54, 1.807) is 6.26 Å². The van der Waals surface area contributed by atoms with Gasteiger partial charge in [-0.25, -0.2) is 9.97 Å². The Bertz CT molecular complexity index is 600. The van der Waals surface area contributed by atoms with Gasteiger partial charge in [-0.3, -0.25) is 0 Å². The van der Waals surface area contributed by atoms with Gasteiger partial charge in [-0.05, 0) is 12.1 Å². The van der Waals surface area contributed by atoms with Crippen LogP contribution < -0.4 is 5.73 Å². The van der Waals surface area contributed by atoms with E-state index in [9.17, 15) is 0 Å². The minimum atomic E-state index is 0.696. The Kier molecular flexibility index (Phi) is 1.72. The van der Waals surface area contributed by atoms with Crippen molar-refractivity contribution in [3.05, 3.63) is 30.1 Å². The van der Waals surface area contributed by atoms with Crippen LogP contribution in [-0.2, 0) is 0 Å². The zero-order valence-electron chi connectivity index (χ0n) is 7.68. The number of hydrogen-bond donors (Lipinski definition) is 1. The number of nitrogen functional groups attached to an aromatic ring is 1. The summed E-state index contributed by atoms with van der Waals surface area (Å²) in [7, 11) is 0. The quantitative estimate of drug-likeness (QED) is 0.680. The number of furan rings is 1. The summed E-state index contributed by atoms with van der Waals surface area (Å²) >= 11 is 1.51. The summed E-state index contributed by atoms with van der Waals surface area (Å²) in [6, 6.07) is 3.69. The molecule has 0 unspecified atom stereocenters. The Hall–Kier alpha value is -1.88. The van der Waals surface area contributed by atoms with Crippen LogP contribution in [0.15, 0.2) is 34.5 Å². The lowest BCUT2D eigenvalue weighted by Crippen LogP contribution is -1.88. The van der Waals surface area contributed by atoms with Crippen LogP contribution in [0.3, 0.4) is 0 Å². The van der Waals surface area contributed by atoms with Gasteiger partial charge in [0.2, 0.25) is 0 Å². The molecule has 4 nitrogen and oxygen atoms in total. The predicted octanol–water partition coefficient (Wildman–Crippen LogP) is 2.53. The molecule has 0 saturated heterocycles. The highest BCUT2D eigenvalue weighted by atomic mass is 32.1. The maximum Gasteiger partial charge on any atom is 0.153 e. The Morgan fingerprint density at radius 3 is 3.07 bits per heavy atom. The molecule has 0 spiro atoms. The van der Waals surface area contributed by atoms with E-state index in [-0.39, 0.29) is 0 Å². The van der Waals surface area contributed by atoms with Crippen LogP contribution in [0.2, 0.25) is 0 Å². The van der Waals surface area contributed by atoms with Crippen LogP contribution in [0, 0.1) is 0 Å². The minimum absolute atomic E-state index is 0.696. The van der Waals surface area contributed by atoms with E-state index in [1.165, 1.54) is 17.7 Å². The third-order valence-corrected chi connectivity index (χ3v) is 3.06. The molecule has 0 radical (unpaired) electrons. The minimum Gasteiger partial charge on any atom is -0.463 e. The number of nitrogens with zero attached hydrogens (tertiary/aromatic N) is 2. The second-order valence-electron chi connectivity index (χ2n) is 3.07. The van der Waals surface area contributed by atoms with E-state index >= 15 is 0 Å². The normalized spacial score (nSPS) is 10.9. The van der Waals surface area contributed by atoms with Crippen molar-refractivity contribution in [3.8, 4) is 11.5 Å². The second kappa shape index (κ2) is 3.06. The Morgan fingerprint density at radius 1 is 1.33 bits per heavy atom. The molecular weight excluding hydrogens is 210 g/mol. The Labute approximate surface area is 89.4 Å². The Morgan fingerprint density at radius 2 is 2.27 bits per heavy atom. The zero-order chi connectivity index (χ0) is 10.3. The van der Waals surface area contributed by atoms with E-state index in [2.05, 4.69) is 9.97 Å². The van der Waals surface area contributed by atoms with E-state index < -0.39 is 0 Å². The standard InChI is InChI=1S/C10H7N3OS/c11-6-4-15-10-8(6)9(12-5-13-10)7-2-1-3-14-7/h1-5H,11H2. The lowest BCUT2D eigenvalue weighted by Gasteiger charge is -1.98. The molecular formula is C10H7N3OS. The number of thiophene rings is 1. The largest absolute Gasteiger partial charge is 0.463 e. The van der Waals surface area contributed by atoms with Crippen molar-refractivity contribution in [2.75, 3.05) is 5.73 Å². The van der Waals surface area contributed by atoms with Gasteiger partial charge in [-0.1, -0.05) is 0 Å². The molecule has 0 bridgehead atoms. The molecule has 2 N–H and O–H groups in total. The molecule has 0 saturated carbocycles. The fraction of sp³-hybridized carbons (Fsp3) is 0. The van der Waals surface area contributed by atoms with Crippen LogP contribution in [0.5, 0.6) is 0 Å². The number of anilines is 1. The van der Waals surface area contributed by atoms with Crippen molar-refractivity contribution in [1.82, 2.24) is 9.97 Å². The summed E-state index contributed by atoms with van der Waals surface area (Å²) in [5, 5.41) is 2.74. The van der Waals surface area contributed by atoms with Crippen molar-refractivity contribution >= 4 is 27.2 Å². The molecule has 0 atom stereocenters. The number of hydrogen-bond acceptors (Lipinski definition) is 5. The van der Waals surface area contributed by atoms with Gasteiger partial charge in [-0.2, -0.15) is 0 Å². The lowest BCUT2D eigenvalue weighted by atomic mass is 10.2. The molecule has 0 aromatic carbocycles. The molecule has 15 heavy (non-hydrogen) atoms. The van der Waals surface area contributed by atoms with Crippen LogP contribution in [0.1, 0.15) is 0 Å². The van der Waals surface area contributed by atoms with Crippen molar-refractivity contribution in [3.63, 3.8) is 0 Å². The smallest absolute Gasteiger partial charge is 0.153 e. The lowest BCUT2D eigenvalue weighted by molar-refractivity contribution is 0.580. The summed E-state index contributed by atoms with van der Waals surface area (Å²) in [5.41, 5.74) is 7.32. The summed E-state index contributed by atoms with van der Waals surface area (Å²) in [6.07, 6.45) is 3.14. The Balaban J connectivity index is 2.39.